The van der Waals surface area contributed by atoms with Gasteiger partial charge >= 0.3 is 0 Å². The van der Waals surface area contributed by atoms with E-state index in [-0.39, 0.29) is 0 Å². The van der Waals surface area contributed by atoms with Gasteiger partial charge < -0.3 is 10.6 Å². The largest absolute Gasteiger partial charge is 0.363 e. The van der Waals surface area contributed by atoms with Crippen molar-refractivity contribution in [3.63, 3.8) is 0 Å². The normalized spacial score (nSPS) is 10.1. The van der Waals surface area contributed by atoms with Crippen molar-refractivity contribution in [1.29, 1.82) is 0 Å². The topological polar surface area (TPSA) is 62.7 Å². The van der Waals surface area contributed by atoms with Gasteiger partial charge in [0, 0.05) is 12.7 Å². The minimum Gasteiger partial charge on any atom is -0.363 e. The molecule has 6 heteroatoms. The fourth-order valence-corrected chi connectivity index (χ4v) is 1.57. The Bertz CT molecular complexity index is 503. The Kier molecular flexibility index (Phi) is 4.30. The molecule has 2 aromatic rings. The molecule has 0 bridgehead atoms. The number of nitrogens with zero attached hydrogens (tertiary/aromatic N) is 3. The van der Waals surface area contributed by atoms with Crippen LogP contribution in [0.2, 0.25) is 5.02 Å². The maximum Gasteiger partial charge on any atom is 0.224 e. The summed E-state index contributed by atoms with van der Waals surface area (Å²) in [6.45, 7) is 3.32. The summed E-state index contributed by atoms with van der Waals surface area (Å²) in [5, 5.41) is 6.67. The number of anilines is 2. The fraction of sp³-hybridized carbons (Fsp3) is 0.250. The van der Waals surface area contributed by atoms with Crippen LogP contribution in [0.25, 0.3) is 0 Å². The summed E-state index contributed by atoms with van der Waals surface area (Å²) in [4.78, 5) is 12.6. The summed E-state index contributed by atoms with van der Waals surface area (Å²) >= 11 is 6.03. The minimum absolute atomic E-state index is 0.493. The molecule has 0 amide bonds. The van der Waals surface area contributed by atoms with Gasteiger partial charge in [0.1, 0.15) is 5.02 Å². The Hall–Kier alpha value is -1.88. The molecule has 18 heavy (non-hydrogen) atoms. The van der Waals surface area contributed by atoms with Crippen LogP contribution in [0.4, 0.5) is 11.8 Å². The van der Waals surface area contributed by atoms with E-state index in [9.17, 15) is 0 Å². The molecule has 2 rings (SSSR count). The van der Waals surface area contributed by atoms with E-state index in [0.29, 0.717) is 23.3 Å². The van der Waals surface area contributed by atoms with Crippen LogP contribution in [0.15, 0.2) is 30.6 Å². The number of pyridine rings is 1. The van der Waals surface area contributed by atoms with Crippen molar-refractivity contribution < 1.29 is 0 Å². The highest BCUT2D eigenvalue weighted by Crippen LogP contribution is 2.19. The van der Waals surface area contributed by atoms with Crippen molar-refractivity contribution in [2.75, 3.05) is 17.2 Å². The first-order chi connectivity index (χ1) is 8.79. The van der Waals surface area contributed by atoms with E-state index in [1.807, 2.05) is 25.1 Å². The monoisotopic (exact) mass is 263 g/mol. The lowest BCUT2D eigenvalue weighted by atomic mass is 10.3. The van der Waals surface area contributed by atoms with Crippen LogP contribution < -0.4 is 10.6 Å². The first kappa shape index (κ1) is 12.6. The van der Waals surface area contributed by atoms with E-state index in [2.05, 4.69) is 25.6 Å². The zero-order chi connectivity index (χ0) is 12.8. The van der Waals surface area contributed by atoms with E-state index < -0.39 is 0 Å². The summed E-state index contributed by atoms with van der Waals surface area (Å²) in [7, 11) is 0. The average molecular weight is 264 g/mol. The molecule has 94 valence electrons. The smallest absolute Gasteiger partial charge is 0.224 e. The van der Waals surface area contributed by atoms with Crippen LogP contribution in [0.5, 0.6) is 0 Å². The van der Waals surface area contributed by atoms with E-state index in [0.717, 1.165) is 12.2 Å². The van der Waals surface area contributed by atoms with Gasteiger partial charge in [-0.1, -0.05) is 17.7 Å². The van der Waals surface area contributed by atoms with Crippen molar-refractivity contribution in [3.05, 3.63) is 41.3 Å². The van der Waals surface area contributed by atoms with Gasteiger partial charge in [0.05, 0.1) is 18.4 Å². The summed E-state index contributed by atoms with van der Waals surface area (Å²) in [5.74, 6) is 1.17. The number of hydrogen-bond donors (Lipinski definition) is 2. The molecule has 0 saturated heterocycles. The van der Waals surface area contributed by atoms with E-state index >= 15 is 0 Å². The number of halogens is 1. The summed E-state index contributed by atoms with van der Waals surface area (Å²) < 4.78 is 0. The Morgan fingerprint density at radius 2 is 2.11 bits per heavy atom. The third-order valence-corrected chi connectivity index (χ3v) is 2.52. The lowest BCUT2D eigenvalue weighted by Gasteiger charge is -2.08. The van der Waals surface area contributed by atoms with Crippen molar-refractivity contribution in [2.45, 2.75) is 13.5 Å². The van der Waals surface area contributed by atoms with Gasteiger partial charge in [-0.05, 0) is 19.1 Å². The van der Waals surface area contributed by atoms with E-state index in [4.69, 9.17) is 11.6 Å². The van der Waals surface area contributed by atoms with Crippen LogP contribution >= 0.6 is 11.6 Å². The molecule has 0 aliphatic carbocycles. The van der Waals surface area contributed by atoms with Crippen LogP contribution in [-0.4, -0.2) is 21.5 Å². The summed E-state index contributed by atoms with van der Waals surface area (Å²) in [5.41, 5.74) is 0.928. The Labute approximate surface area is 111 Å². The number of rotatable bonds is 5. The zero-order valence-electron chi connectivity index (χ0n) is 10.0. The maximum absolute atomic E-state index is 6.03. The molecular weight excluding hydrogens is 250 g/mol. The second kappa shape index (κ2) is 6.16. The highest BCUT2D eigenvalue weighted by molar-refractivity contribution is 6.32. The fourth-order valence-electron chi connectivity index (χ4n) is 1.41. The van der Waals surface area contributed by atoms with Gasteiger partial charge in [0.25, 0.3) is 0 Å². The highest BCUT2D eigenvalue weighted by Gasteiger charge is 2.04. The molecule has 0 radical (unpaired) electrons. The van der Waals surface area contributed by atoms with E-state index in [1.165, 1.54) is 0 Å². The van der Waals surface area contributed by atoms with E-state index in [1.54, 1.807) is 12.4 Å². The molecule has 0 unspecified atom stereocenters. The predicted molar refractivity (Wildman–Crippen MR) is 72.8 cm³/mol. The van der Waals surface area contributed by atoms with Gasteiger partial charge in [0.15, 0.2) is 5.82 Å². The SMILES string of the molecule is CCNc1ncc(Cl)c(NCc2ccccn2)n1. The Morgan fingerprint density at radius 1 is 1.22 bits per heavy atom. The molecule has 2 aromatic heterocycles. The molecule has 0 spiro atoms. The second-order valence-electron chi connectivity index (χ2n) is 3.60. The van der Waals surface area contributed by atoms with Gasteiger partial charge in [-0.15, -0.1) is 0 Å². The molecule has 0 saturated carbocycles. The van der Waals surface area contributed by atoms with Crippen LogP contribution in [-0.2, 0) is 6.54 Å². The second-order valence-corrected chi connectivity index (χ2v) is 4.00. The Balaban J connectivity index is 2.06. The van der Waals surface area contributed by atoms with Gasteiger partial charge in [-0.25, -0.2) is 4.98 Å². The number of hydrogen-bond acceptors (Lipinski definition) is 5. The lowest BCUT2D eigenvalue weighted by molar-refractivity contribution is 1.01. The maximum atomic E-state index is 6.03. The third kappa shape index (κ3) is 3.30. The van der Waals surface area contributed by atoms with Crippen molar-refractivity contribution in [2.24, 2.45) is 0 Å². The van der Waals surface area contributed by atoms with Crippen molar-refractivity contribution >= 4 is 23.4 Å². The molecular formula is C12H14ClN5. The van der Waals surface area contributed by atoms with Gasteiger partial charge in [0.2, 0.25) is 5.95 Å². The van der Waals surface area contributed by atoms with Crippen molar-refractivity contribution in [3.8, 4) is 0 Å². The van der Waals surface area contributed by atoms with Gasteiger partial charge in [-0.2, -0.15) is 4.98 Å². The minimum atomic E-state index is 0.493. The molecule has 0 fully saturated rings. The lowest BCUT2D eigenvalue weighted by Crippen LogP contribution is -2.07. The van der Waals surface area contributed by atoms with Crippen LogP contribution in [0.1, 0.15) is 12.6 Å². The molecule has 0 atom stereocenters. The first-order valence-corrected chi connectivity index (χ1v) is 6.07. The molecule has 5 nitrogen and oxygen atoms in total. The number of nitrogens with one attached hydrogen (secondary N) is 2. The Morgan fingerprint density at radius 3 is 2.83 bits per heavy atom. The average Bonchev–Trinajstić information content (AvgIpc) is 2.41. The van der Waals surface area contributed by atoms with Gasteiger partial charge in [-0.3, -0.25) is 4.98 Å². The van der Waals surface area contributed by atoms with Crippen LogP contribution in [0.3, 0.4) is 0 Å². The van der Waals surface area contributed by atoms with Crippen molar-refractivity contribution in [1.82, 2.24) is 15.0 Å². The number of aromatic nitrogens is 3. The third-order valence-electron chi connectivity index (χ3n) is 2.24. The standard InChI is InChI=1S/C12H14ClN5/c1-2-14-12-17-8-10(13)11(18-12)16-7-9-5-3-4-6-15-9/h3-6,8H,2,7H2,1H3,(H2,14,16,17,18). The molecule has 0 aliphatic rings. The summed E-state index contributed by atoms with van der Waals surface area (Å²) in [6, 6.07) is 5.76. The predicted octanol–water partition coefficient (Wildman–Crippen LogP) is 2.57. The molecule has 0 aliphatic heterocycles. The van der Waals surface area contributed by atoms with Crippen LogP contribution in [0, 0.1) is 0 Å². The first-order valence-electron chi connectivity index (χ1n) is 5.69. The zero-order valence-corrected chi connectivity index (χ0v) is 10.8. The molecule has 2 heterocycles. The molecule has 2 N–H and O–H groups in total. The quantitative estimate of drug-likeness (QED) is 0.868. The molecule has 0 aromatic carbocycles. The highest BCUT2D eigenvalue weighted by atomic mass is 35.5. The summed E-state index contributed by atoms with van der Waals surface area (Å²) in [6.07, 6.45) is 3.33.